The normalized spacial score (nSPS) is 12.0. The van der Waals surface area contributed by atoms with Gasteiger partial charge in [-0.25, -0.2) is 4.98 Å². The molecule has 1 atom stereocenters. The summed E-state index contributed by atoms with van der Waals surface area (Å²) in [5.74, 6) is 2.34. The first-order valence-corrected chi connectivity index (χ1v) is 20.8. The molecule has 6 heteroatoms. The zero-order valence-corrected chi connectivity index (χ0v) is 37.3. The van der Waals surface area contributed by atoms with Crippen LogP contribution in [0.3, 0.4) is 0 Å². The van der Waals surface area contributed by atoms with Crippen molar-refractivity contribution in [1.29, 1.82) is 0 Å². The molecule has 62 heavy (non-hydrogen) atoms. The van der Waals surface area contributed by atoms with E-state index in [0.29, 0.717) is 17.4 Å². The summed E-state index contributed by atoms with van der Waals surface area (Å²) in [6.07, 6.45) is 9.57. The number of rotatable bonds is 9. The molecule has 0 saturated heterocycles. The van der Waals surface area contributed by atoms with Crippen LogP contribution in [-0.2, 0) is 21.1 Å². The van der Waals surface area contributed by atoms with Crippen LogP contribution < -0.4 is 9.30 Å². The minimum atomic E-state index is 0. The minimum Gasteiger partial charge on any atom is -0.510 e. The van der Waals surface area contributed by atoms with E-state index in [2.05, 4.69) is 189 Å². The molecule has 0 N–H and O–H groups in total. The van der Waals surface area contributed by atoms with Gasteiger partial charge in [-0.3, -0.25) is 4.57 Å². The van der Waals surface area contributed by atoms with E-state index in [-0.39, 0.29) is 26.5 Å². The van der Waals surface area contributed by atoms with E-state index >= 15 is 0 Å². The molecule has 0 radical (unpaired) electrons. The van der Waals surface area contributed by atoms with Crippen molar-refractivity contribution in [3.8, 4) is 62.1 Å². The van der Waals surface area contributed by atoms with Crippen molar-refractivity contribution < 1.29 is 30.4 Å². The Labute approximate surface area is 377 Å². The maximum atomic E-state index is 6.60. The Bertz CT molecular complexity index is 3110. The molecule has 0 fully saturated rings. The predicted molar refractivity (Wildman–Crippen MR) is 247 cm³/mol. The van der Waals surface area contributed by atoms with Crippen LogP contribution in [0.2, 0.25) is 0 Å². The molecule has 0 aliphatic rings. The van der Waals surface area contributed by atoms with E-state index in [0.717, 1.165) is 66.8 Å². The largest absolute Gasteiger partial charge is 0.510 e. The van der Waals surface area contributed by atoms with E-state index in [1.54, 1.807) is 0 Å². The number of hydrogen-bond donors (Lipinski definition) is 0. The van der Waals surface area contributed by atoms with Crippen molar-refractivity contribution in [3.63, 3.8) is 0 Å². The summed E-state index contributed by atoms with van der Waals surface area (Å²) in [5.41, 5.74) is 12.0. The van der Waals surface area contributed by atoms with Crippen molar-refractivity contribution in [2.45, 2.75) is 33.6 Å². The number of benzene rings is 7. The van der Waals surface area contributed by atoms with E-state index in [9.17, 15) is 0 Å². The van der Waals surface area contributed by atoms with Crippen molar-refractivity contribution in [1.82, 2.24) is 14.1 Å². The number of ether oxygens (including phenoxy) is 1. The second-order valence-electron chi connectivity index (χ2n) is 16.6. The van der Waals surface area contributed by atoms with Gasteiger partial charge in [0.2, 0.25) is 0 Å². The number of imidazole rings is 1. The molecule has 0 aliphatic heterocycles. The fourth-order valence-electron chi connectivity index (χ4n) is 8.19. The van der Waals surface area contributed by atoms with Gasteiger partial charge in [0, 0.05) is 56.7 Å². The van der Waals surface area contributed by atoms with Crippen LogP contribution >= 0.6 is 0 Å². The van der Waals surface area contributed by atoms with Gasteiger partial charge in [-0.1, -0.05) is 155 Å². The SMILES string of the molecule is CC(c1ccnc(-n2c3[c-]c(Oc4[c-]c(-n5[c-][n+](-c6c(-c7ccccc7)cccc6-c6ccccc6)cc5)ccc4)ccc3c3cc(-c4ccccc4)ccc32)c1)C(C)(C)C.[Pt]. The van der Waals surface area contributed by atoms with Crippen LogP contribution in [-0.4, -0.2) is 14.1 Å². The van der Waals surface area contributed by atoms with Crippen LogP contribution in [0, 0.1) is 23.9 Å². The van der Waals surface area contributed by atoms with Gasteiger partial charge in [-0.05, 0) is 79.5 Å². The van der Waals surface area contributed by atoms with Crippen LogP contribution in [0.4, 0.5) is 0 Å². The van der Waals surface area contributed by atoms with Gasteiger partial charge < -0.3 is 13.9 Å². The van der Waals surface area contributed by atoms with Gasteiger partial charge in [0.05, 0.1) is 5.69 Å². The summed E-state index contributed by atoms with van der Waals surface area (Å²) in [5, 5.41) is 2.20. The molecule has 3 aromatic heterocycles. The fourth-order valence-corrected chi connectivity index (χ4v) is 8.19. The Balaban J connectivity index is 0.00000490. The second kappa shape index (κ2) is 16.9. The third kappa shape index (κ3) is 7.81. The Hall–Kier alpha value is -6.81. The summed E-state index contributed by atoms with van der Waals surface area (Å²) >= 11 is 0. The first-order chi connectivity index (χ1) is 29.8. The summed E-state index contributed by atoms with van der Waals surface area (Å²) in [6, 6.07) is 66.2. The summed E-state index contributed by atoms with van der Waals surface area (Å²) in [4.78, 5) is 4.94. The molecule has 10 rings (SSSR count). The summed E-state index contributed by atoms with van der Waals surface area (Å²) in [7, 11) is 0. The molecule has 5 nitrogen and oxygen atoms in total. The first-order valence-electron chi connectivity index (χ1n) is 20.8. The molecule has 0 spiro atoms. The number of fused-ring (bicyclic) bond motifs is 3. The van der Waals surface area contributed by atoms with E-state index in [1.165, 1.54) is 11.1 Å². The molecule has 0 aliphatic carbocycles. The zero-order chi connectivity index (χ0) is 41.5. The first kappa shape index (κ1) is 40.6. The smallest absolute Gasteiger partial charge is 0.267 e. The third-order valence-electron chi connectivity index (χ3n) is 11.8. The van der Waals surface area contributed by atoms with Gasteiger partial charge in [-0.15, -0.1) is 29.7 Å². The number of pyridine rings is 1. The minimum absolute atomic E-state index is 0. The topological polar surface area (TPSA) is 35.9 Å². The van der Waals surface area contributed by atoms with Crippen LogP contribution in [0.25, 0.3) is 72.4 Å². The molecule has 7 aromatic carbocycles. The van der Waals surface area contributed by atoms with E-state index in [1.807, 2.05) is 59.6 Å². The van der Waals surface area contributed by atoms with Crippen LogP contribution in [0.1, 0.15) is 39.2 Å². The van der Waals surface area contributed by atoms with Gasteiger partial charge in [0.15, 0.2) is 0 Å². The van der Waals surface area contributed by atoms with E-state index in [4.69, 9.17) is 9.72 Å². The van der Waals surface area contributed by atoms with Gasteiger partial charge in [0.1, 0.15) is 5.82 Å². The van der Waals surface area contributed by atoms with Crippen LogP contribution in [0.15, 0.2) is 188 Å². The number of hydrogen-bond acceptors (Lipinski definition) is 2. The van der Waals surface area contributed by atoms with Crippen molar-refractivity contribution in [3.05, 3.63) is 212 Å². The number of nitrogens with zero attached hydrogens (tertiary/aromatic N) is 4. The predicted octanol–water partition coefficient (Wildman–Crippen LogP) is 13.6. The van der Waals surface area contributed by atoms with Gasteiger partial charge in [-0.2, -0.15) is 18.2 Å². The van der Waals surface area contributed by atoms with Gasteiger partial charge in [0.25, 0.3) is 6.33 Å². The van der Waals surface area contributed by atoms with E-state index < -0.39 is 0 Å². The molecular formula is C56H44N4OPt-2. The quantitative estimate of drug-likeness (QED) is 0.107. The maximum absolute atomic E-state index is 6.60. The average molecular weight is 984 g/mol. The average Bonchev–Trinajstić information content (AvgIpc) is 3.92. The second-order valence-corrected chi connectivity index (χ2v) is 16.6. The molecular weight excluding hydrogens is 940 g/mol. The zero-order valence-electron chi connectivity index (χ0n) is 35.0. The molecule has 0 amide bonds. The third-order valence-corrected chi connectivity index (χ3v) is 11.8. The molecule has 0 saturated carbocycles. The van der Waals surface area contributed by atoms with Crippen molar-refractivity contribution in [2.24, 2.45) is 5.41 Å². The Morgan fingerprint density at radius 3 is 1.94 bits per heavy atom. The van der Waals surface area contributed by atoms with Crippen molar-refractivity contribution in [2.75, 3.05) is 0 Å². The monoisotopic (exact) mass is 983 g/mol. The molecule has 10 aromatic rings. The number of para-hydroxylation sites is 1. The Morgan fingerprint density at radius 1 is 0.613 bits per heavy atom. The van der Waals surface area contributed by atoms with Crippen molar-refractivity contribution >= 4 is 21.8 Å². The molecule has 306 valence electrons. The standard InChI is InChI=1S/C56H44N4O.Pt/c1-39(56(2,3)4)43-30-31-57-54(35-43)60-52-29-26-44(40-16-8-5-9-17-40)34-51(52)50-28-27-47(37-53(50)60)61-46-23-14-22-45(36-46)58-32-33-59(38-58)55-48(41-18-10-6-11-19-41)24-15-25-49(55)42-20-12-7-13-21-42;/h5-35,39H,1-4H3;/q-2;. The number of aromatic nitrogens is 4. The molecule has 0 bridgehead atoms. The van der Waals surface area contributed by atoms with Crippen LogP contribution in [0.5, 0.6) is 11.5 Å². The van der Waals surface area contributed by atoms with Gasteiger partial charge >= 0.3 is 0 Å². The fraction of sp³-hybridized carbons (Fsp3) is 0.107. The Morgan fingerprint density at radius 2 is 1.26 bits per heavy atom. The Kier molecular flexibility index (Phi) is 11.1. The maximum Gasteiger partial charge on any atom is 0.267 e. The summed E-state index contributed by atoms with van der Waals surface area (Å²) in [6.45, 7) is 9.14. The summed E-state index contributed by atoms with van der Waals surface area (Å²) < 4.78 is 12.8. The molecule has 3 heterocycles. The molecule has 1 unspecified atom stereocenters.